The van der Waals surface area contributed by atoms with Crippen molar-refractivity contribution in [2.24, 2.45) is 5.92 Å². The third-order valence-electron chi connectivity index (χ3n) is 2.90. The van der Waals surface area contributed by atoms with Crippen LogP contribution in [0.3, 0.4) is 0 Å². The summed E-state index contributed by atoms with van der Waals surface area (Å²) >= 11 is 3.41. The van der Waals surface area contributed by atoms with Gasteiger partial charge in [0.1, 0.15) is 5.75 Å². The molecule has 4 heteroatoms. The normalized spacial score (nSPS) is 12.3. The average molecular weight is 328 g/mol. The molecule has 1 aromatic carbocycles. The number of carbonyl (C=O) groups is 1. The molecule has 0 heterocycles. The number of ether oxygens (including phenoxy) is 1. The van der Waals surface area contributed by atoms with Crippen molar-refractivity contribution in [3.8, 4) is 5.75 Å². The Morgan fingerprint density at radius 3 is 2.74 bits per heavy atom. The highest BCUT2D eigenvalue weighted by molar-refractivity contribution is 9.09. The van der Waals surface area contributed by atoms with Gasteiger partial charge in [0.15, 0.2) is 0 Å². The van der Waals surface area contributed by atoms with Crippen molar-refractivity contribution < 1.29 is 9.53 Å². The molecule has 3 nitrogen and oxygen atoms in total. The number of carbonyl (C=O) groups excluding carboxylic acids is 1. The molecular formula is C15H22BrNO2. The number of alkyl halides is 1. The molecule has 0 aliphatic carbocycles. The lowest BCUT2D eigenvalue weighted by Gasteiger charge is -2.19. The zero-order valence-corrected chi connectivity index (χ0v) is 13.4. The van der Waals surface area contributed by atoms with Crippen molar-refractivity contribution in [2.75, 3.05) is 11.9 Å². The maximum atomic E-state index is 11.8. The number of hydrogen-bond donors (Lipinski definition) is 1. The Morgan fingerprint density at radius 1 is 1.42 bits per heavy atom. The van der Waals surface area contributed by atoms with Gasteiger partial charge < -0.3 is 10.1 Å². The van der Waals surface area contributed by atoms with Crippen molar-refractivity contribution in [2.45, 2.75) is 33.2 Å². The first kappa shape index (κ1) is 16.0. The van der Waals surface area contributed by atoms with Crippen LogP contribution in [0, 0.1) is 12.8 Å². The summed E-state index contributed by atoms with van der Waals surface area (Å²) in [5.41, 5.74) is 1.15. The zero-order chi connectivity index (χ0) is 14.3. The van der Waals surface area contributed by atoms with Gasteiger partial charge in [-0.2, -0.15) is 0 Å². The van der Waals surface area contributed by atoms with E-state index in [1.807, 2.05) is 31.2 Å². The van der Waals surface area contributed by atoms with E-state index in [0.29, 0.717) is 18.9 Å². The summed E-state index contributed by atoms with van der Waals surface area (Å²) in [5, 5.41) is 3.77. The van der Waals surface area contributed by atoms with Crippen LogP contribution < -0.4 is 10.1 Å². The summed E-state index contributed by atoms with van der Waals surface area (Å²) in [6.07, 6.45) is 0.379. The molecule has 1 N–H and O–H groups in total. The van der Waals surface area contributed by atoms with Crippen molar-refractivity contribution in [3.05, 3.63) is 29.8 Å². The molecule has 0 bridgehead atoms. The largest absolute Gasteiger partial charge is 0.493 e. The molecule has 0 fully saturated rings. The Bertz CT molecular complexity index is 407. The molecule has 1 atom stereocenters. The molecule has 106 valence electrons. The van der Waals surface area contributed by atoms with Crippen LogP contribution in [0.15, 0.2) is 24.3 Å². The second-order valence-electron chi connectivity index (χ2n) is 4.99. The quantitative estimate of drug-likeness (QED) is 0.780. The fourth-order valence-electron chi connectivity index (χ4n) is 1.63. The minimum Gasteiger partial charge on any atom is -0.493 e. The monoisotopic (exact) mass is 327 g/mol. The highest BCUT2D eigenvalue weighted by Gasteiger charge is 2.14. The molecule has 0 spiro atoms. The highest BCUT2D eigenvalue weighted by atomic mass is 79.9. The number of benzene rings is 1. The first-order valence-corrected chi connectivity index (χ1v) is 7.70. The van der Waals surface area contributed by atoms with Gasteiger partial charge in [-0.05, 0) is 30.5 Å². The fourth-order valence-corrected chi connectivity index (χ4v) is 2.54. The van der Waals surface area contributed by atoms with Gasteiger partial charge >= 0.3 is 0 Å². The van der Waals surface area contributed by atoms with E-state index in [9.17, 15) is 4.79 Å². The molecule has 1 rings (SSSR count). The molecule has 0 aromatic heterocycles. The Balaban J connectivity index is 2.31. The summed E-state index contributed by atoms with van der Waals surface area (Å²) in [6.45, 7) is 6.61. The number of rotatable bonds is 7. The van der Waals surface area contributed by atoms with Crippen LogP contribution in [0.4, 0.5) is 0 Å². The van der Waals surface area contributed by atoms with E-state index in [1.54, 1.807) is 0 Å². The van der Waals surface area contributed by atoms with E-state index in [-0.39, 0.29) is 11.9 Å². The van der Waals surface area contributed by atoms with Crippen LogP contribution in [-0.2, 0) is 4.79 Å². The van der Waals surface area contributed by atoms with Gasteiger partial charge in [-0.25, -0.2) is 0 Å². The Kier molecular flexibility index (Phi) is 6.92. The second kappa shape index (κ2) is 8.20. The van der Waals surface area contributed by atoms with Crippen molar-refractivity contribution in [1.82, 2.24) is 5.32 Å². The summed E-state index contributed by atoms with van der Waals surface area (Å²) in [6, 6.07) is 8.01. The number of hydrogen-bond acceptors (Lipinski definition) is 2. The first-order valence-electron chi connectivity index (χ1n) is 6.57. The smallest absolute Gasteiger partial charge is 0.223 e. The molecule has 1 unspecified atom stereocenters. The lowest BCUT2D eigenvalue weighted by atomic mass is 10.1. The minimum atomic E-state index is 0.0332. The van der Waals surface area contributed by atoms with Gasteiger partial charge in [0.25, 0.3) is 0 Å². The van der Waals surface area contributed by atoms with E-state index in [1.165, 1.54) is 0 Å². The topological polar surface area (TPSA) is 38.3 Å². The van der Waals surface area contributed by atoms with Crippen LogP contribution in [0.5, 0.6) is 5.75 Å². The lowest BCUT2D eigenvalue weighted by molar-refractivity contribution is -0.122. The number of aryl methyl sites for hydroxylation is 1. The Hall–Kier alpha value is -1.03. The maximum Gasteiger partial charge on any atom is 0.223 e. The van der Waals surface area contributed by atoms with Crippen molar-refractivity contribution >= 4 is 21.8 Å². The fraction of sp³-hybridized carbons (Fsp3) is 0.533. The van der Waals surface area contributed by atoms with Crippen molar-refractivity contribution in [3.63, 3.8) is 0 Å². The standard InChI is InChI=1S/C15H22BrNO2/c1-11(2)14(10-16)17-15(18)7-8-19-13-6-4-5-12(3)9-13/h4-6,9,11,14H,7-8,10H2,1-3H3,(H,17,18). The third kappa shape index (κ3) is 6.10. The lowest BCUT2D eigenvalue weighted by Crippen LogP contribution is -2.40. The van der Waals surface area contributed by atoms with Gasteiger partial charge in [0, 0.05) is 11.4 Å². The molecule has 0 saturated carbocycles. The van der Waals surface area contributed by atoms with Crippen molar-refractivity contribution in [1.29, 1.82) is 0 Å². The molecule has 19 heavy (non-hydrogen) atoms. The number of halogens is 1. The number of amides is 1. The minimum absolute atomic E-state index is 0.0332. The summed E-state index contributed by atoms with van der Waals surface area (Å²) in [5.74, 6) is 1.26. The Labute approximate surface area is 123 Å². The highest BCUT2D eigenvalue weighted by Crippen LogP contribution is 2.12. The van der Waals surface area contributed by atoms with Crippen LogP contribution >= 0.6 is 15.9 Å². The van der Waals surface area contributed by atoms with E-state index < -0.39 is 0 Å². The van der Waals surface area contributed by atoms with Gasteiger partial charge in [0.05, 0.1) is 13.0 Å². The van der Waals surface area contributed by atoms with Gasteiger partial charge in [-0.3, -0.25) is 4.79 Å². The van der Waals surface area contributed by atoms with Crippen LogP contribution in [0.1, 0.15) is 25.8 Å². The zero-order valence-electron chi connectivity index (χ0n) is 11.8. The predicted molar refractivity (Wildman–Crippen MR) is 81.9 cm³/mol. The van der Waals surface area contributed by atoms with E-state index in [0.717, 1.165) is 16.6 Å². The third-order valence-corrected chi connectivity index (χ3v) is 3.60. The Morgan fingerprint density at radius 2 is 2.16 bits per heavy atom. The van der Waals surface area contributed by atoms with E-state index in [4.69, 9.17) is 4.74 Å². The van der Waals surface area contributed by atoms with E-state index >= 15 is 0 Å². The number of nitrogens with one attached hydrogen (secondary N) is 1. The first-order chi connectivity index (χ1) is 9.02. The second-order valence-corrected chi connectivity index (χ2v) is 5.63. The maximum absolute atomic E-state index is 11.8. The molecule has 0 radical (unpaired) electrons. The average Bonchev–Trinajstić information content (AvgIpc) is 2.35. The summed E-state index contributed by atoms with van der Waals surface area (Å²) in [4.78, 5) is 11.8. The summed E-state index contributed by atoms with van der Waals surface area (Å²) < 4.78 is 5.56. The molecule has 0 saturated heterocycles. The van der Waals surface area contributed by atoms with Gasteiger partial charge in [-0.15, -0.1) is 0 Å². The van der Waals surface area contributed by atoms with Gasteiger partial charge in [0.2, 0.25) is 5.91 Å². The molecule has 1 aromatic rings. The summed E-state index contributed by atoms with van der Waals surface area (Å²) in [7, 11) is 0. The molecule has 0 aliphatic heterocycles. The van der Waals surface area contributed by atoms with Gasteiger partial charge in [-0.1, -0.05) is 41.9 Å². The van der Waals surface area contributed by atoms with Crippen LogP contribution in [0.2, 0.25) is 0 Å². The molecular weight excluding hydrogens is 306 g/mol. The van der Waals surface area contributed by atoms with E-state index in [2.05, 4.69) is 35.1 Å². The van der Waals surface area contributed by atoms with Crippen LogP contribution in [0.25, 0.3) is 0 Å². The SMILES string of the molecule is Cc1cccc(OCCC(=O)NC(CBr)C(C)C)c1. The van der Waals surface area contributed by atoms with Crippen LogP contribution in [-0.4, -0.2) is 23.9 Å². The predicted octanol–water partition coefficient (Wildman–Crippen LogP) is 3.30. The molecule has 1 amide bonds. The molecule has 0 aliphatic rings.